The van der Waals surface area contributed by atoms with Crippen molar-refractivity contribution in [2.75, 3.05) is 40.3 Å². The Labute approximate surface area is 314 Å². The molecule has 1 amide bonds. The molecule has 0 saturated carbocycles. The van der Waals surface area contributed by atoms with Crippen LogP contribution >= 0.6 is 0 Å². The molecule has 0 aliphatic rings. The number of likely N-dealkylation sites (N-methyl/N-ethyl adjacent to an activating group) is 1. The number of esters is 1. The zero-order chi connectivity index (χ0) is 36.6. The van der Waals surface area contributed by atoms with Gasteiger partial charge in [-0.05, 0) is 12.8 Å². The van der Waals surface area contributed by atoms with Crippen molar-refractivity contribution in [3.05, 3.63) is 0 Å². The van der Waals surface area contributed by atoms with Gasteiger partial charge < -0.3 is 14.5 Å². The molecule has 0 rings (SSSR count). The summed E-state index contributed by atoms with van der Waals surface area (Å²) in [6.45, 7) is 7.58. The van der Waals surface area contributed by atoms with Crippen molar-refractivity contribution in [2.24, 2.45) is 0 Å². The van der Waals surface area contributed by atoms with E-state index in [1.807, 2.05) is 0 Å². The third-order valence-corrected chi connectivity index (χ3v) is 10.7. The molecule has 5 nitrogen and oxygen atoms in total. The summed E-state index contributed by atoms with van der Waals surface area (Å²) in [5, 5.41) is 3.11. The van der Waals surface area contributed by atoms with E-state index in [1.54, 1.807) is 0 Å². The van der Waals surface area contributed by atoms with Crippen molar-refractivity contribution in [3.8, 4) is 0 Å². The molecule has 0 bridgehead atoms. The van der Waals surface area contributed by atoms with Gasteiger partial charge in [-0.15, -0.1) is 0 Å². The van der Waals surface area contributed by atoms with Gasteiger partial charge in [0.25, 0.3) is 0 Å². The van der Waals surface area contributed by atoms with E-state index in [9.17, 15) is 9.59 Å². The van der Waals surface area contributed by atoms with Gasteiger partial charge in [-0.1, -0.05) is 206 Å². The first-order chi connectivity index (χ1) is 24.4. The van der Waals surface area contributed by atoms with Crippen LogP contribution in [0.15, 0.2) is 0 Å². The Morgan fingerprint density at radius 3 is 1.10 bits per heavy atom. The van der Waals surface area contributed by atoms with E-state index in [-0.39, 0.29) is 11.9 Å². The molecule has 5 heteroatoms. The number of carbonyl (C=O) groups excluding carboxylic acids is 2. The van der Waals surface area contributed by atoms with Crippen LogP contribution in [0, 0.1) is 0 Å². The van der Waals surface area contributed by atoms with Crippen molar-refractivity contribution < 1.29 is 18.8 Å². The molecule has 0 aromatic carbocycles. The molecule has 0 aliphatic carbocycles. The van der Waals surface area contributed by atoms with Crippen LogP contribution in [-0.2, 0) is 14.3 Å². The quantitative estimate of drug-likeness (QED) is 0.0391. The smallest absolute Gasteiger partial charge is 0.305 e. The summed E-state index contributed by atoms with van der Waals surface area (Å²) in [5.41, 5.74) is 0. The Hall–Kier alpha value is -1.10. The number of ether oxygens (including phenoxy) is 1. The zero-order valence-corrected chi connectivity index (χ0v) is 34.7. The van der Waals surface area contributed by atoms with E-state index in [4.69, 9.17) is 4.74 Å². The second kappa shape index (κ2) is 39.1. The fourth-order valence-electron chi connectivity index (χ4n) is 7.06. The topological polar surface area (TPSA) is 55.4 Å². The second-order valence-electron chi connectivity index (χ2n) is 16.4. The zero-order valence-electron chi connectivity index (χ0n) is 34.7. The highest BCUT2D eigenvalue weighted by Crippen LogP contribution is 2.16. The van der Waals surface area contributed by atoms with Crippen LogP contribution in [-0.4, -0.2) is 56.7 Å². The summed E-state index contributed by atoms with van der Waals surface area (Å²) in [5.74, 6) is 0.153. The maximum atomic E-state index is 12.2. The Kier molecular flexibility index (Phi) is 38.3. The first-order valence-corrected chi connectivity index (χ1v) is 22.7. The highest BCUT2D eigenvalue weighted by molar-refractivity contribution is 5.75. The molecule has 0 atom stereocenters. The maximum Gasteiger partial charge on any atom is 0.305 e. The molecule has 0 aromatic rings. The molecule has 0 saturated heterocycles. The molecule has 298 valence electrons. The number of amides is 1. The van der Waals surface area contributed by atoms with Crippen LogP contribution in [0.4, 0.5) is 0 Å². The molecule has 50 heavy (non-hydrogen) atoms. The Morgan fingerprint density at radius 1 is 0.420 bits per heavy atom. The monoisotopic (exact) mass is 708 g/mol. The third-order valence-electron chi connectivity index (χ3n) is 10.7. The predicted octanol–water partition coefficient (Wildman–Crippen LogP) is 13.4. The molecule has 0 fully saturated rings. The predicted molar refractivity (Wildman–Crippen MR) is 219 cm³/mol. The highest BCUT2D eigenvalue weighted by atomic mass is 16.5. The molecule has 0 radical (unpaired) electrons. The van der Waals surface area contributed by atoms with Crippen molar-refractivity contribution >= 4 is 11.9 Å². The maximum absolute atomic E-state index is 12.2. The summed E-state index contributed by atoms with van der Waals surface area (Å²) in [4.78, 5) is 24.4. The van der Waals surface area contributed by atoms with Gasteiger partial charge in [0.2, 0.25) is 5.91 Å². The lowest BCUT2D eigenvalue weighted by Gasteiger charge is -2.29. The van der Waals surface area contributed by atoms with Crippen molar-refractivity contribution in [1.29, 1.82) is 0 Å². The van der Waals surface area contributed by atoms with Crippen LogP contribution in [0.5, 0.6) is 0 Å². The molecular weight excluding hydrogens is 617 g/mol. The van der Waals surface area contributed by atoms with Crippen molar-refractivity contribution in [1.82, 2.24) is 5.32 Å². The molecular formula is C45H91N2O3+. The minimum absolute atomic E-state index is 0.0447. The summed E-state index contributed by atoms with van der Waals surface area (Å²) >= 11 is 0. The Morgan fingerprint density at radius 2 is 0.740 bits per heavy atom. The number of rotatable bonds is 41. The average Bonchev–Trinajstić information content (AvgIpc) is 3.09. The average molecular weight is 708 g/mol. The van der Waals surface area contributed by atoms with Gasteiger partial charge in [0.05, 0.1) is 20.6 Å². The number of unbranched alkanes of at least 4 members (excludes halogenated alkanes) is 30. The van der Waals surface area contributed by atoms with Gasteiger partial charge in [-0.25, -0.2) is 0 Å². The Bertz CT molecular complexity index is 710. The first-order valence-electron chi connectivity index (χ1n) is 22.7. The van der Waals surface area contributed by atoms with Gasteiger partial charge in [-0.3, -0.25) is 9.59 Å². The van der Waals surface area contributed by atoms with E-state index in [1.165, 1.54) is 186 Å². The largest absolute Gasteiger partial charge is 0.460 e. The van der Waals surface area contributed by atoms with E-state index in [0.717, 1.165) is 49.8 Å². The summed E-state index contributed by atoms with van der Waals surface area (Å²) < 4.78 is 6.35. The normalized spacial score (nSPS) is 11.7. The van der Waals surface area contributed by atoms with Crippen LogP contribution in [0.2, 0.25) is 0 Å². The summed E-state index contributed by atoms with van der Waals surface area (Å²) in [7, 11) is 4.36. The van der Waals surface area contributed by atoms with Crippen molar-refractivity contribution in [3.63, 3.8) is 0 Å². The number of nitrogens with one attached hydrogen (secondary N) is 1. The second-order valence-corrected chi connectivity index (χ2v) is 16.4. The van der Waals surface area contributed by atoms with Crippen LogP contribution in [0.1, 0.15) is 239 Å². The fourth-order valence-corrected chi connectivity index (χ4v) is 7.06. The van der Waals surface area contributed by atoms with Crippen LogP contribution < -0.4 is 5.32 Å². The molecule has 0 aromatic heterocycles. The fraction of sp³-hybridized carbons (Fsp3) is 0.956. The highest BCUT2D eigenvalue weighted by Gasteiger charge is 2.16. The van der Waals surface area contributed by atoms with Gasteiger partial charge >= 0.3 is 5.97 Å². The molecule has 0 spiro atoms. The SMILES string of the molecule is CCCCCCCCCCCCCCCCCCC(=O)NCCC[N+](C)(C)CCOC(=O)CCCCCCCCCCCCCCCCCC. The first kappa shape index (κ1) is 48.9. The lowest BCUT2D eigenvalue weighted by molar-refractivity contribution is -0.890. The summed E-state index contributed by atoms with van der Waals surface area (Å²) in [6, 6.07) is 0. The van der Waals surface area contributed by atoms with Gasteiger partial charge in [0, 0.05) is 25.8 Å². The minimum Gasteiger partial charge on any atom is -0.460 e. The number of nitrogens with zero attached hydrogens (tertiary/aromatic N) is 1. The number of carbonyl (C=O) groups is 2. The number of hydrogen-bond donors (Lipinski definition) is 1. The van der Waals surface area contributed by atoms with Crippen molar-refractivity contribution in [2.45, 2.75) is 239 Å². The Balaban J connectivity index is 3.45. The minimum atomic E-state index is -0.0447. The van der Waals surface area contributed by atoms with E-state index >= 15 is 0 Å². The number of hydrogen-bond acceptors (Lipinski definition) is 3. The molecule has 0 heterocycles. The van der Waals surface area contributed by atoms with E-state index in [2.05, 4.69) is 33.3 Å². The van der Waals surface area contributed by atoms with Gasteiger partial charge in [0.1, 0.15) is 13.2 Å². The van der Waals surface area contributed by atoms with Crippen LogP contribution in [0.3, 0.4) is 0 Å². The molecule has 1 N–H and O–H groups in total. The lowest BCUT2D eigenvalue weighted by atomic mass is 10.0. The molecule has 0 unspecified atom stereocenters. The van der Waals surface area contributed by atoms with Gasteiger partial charge in [0.15, 0.2) is 0 Å². The van der Waals surface area contributed by atoms with Gasteiger partial charge in [-0.2, -0.15) is 0 Å². The van der Waals surface area contributed by atoms with E-state index in [0.29, 0.717) is 19.4 Å². The summed E-state index contributed by atoms with van der Waals surface area (Å²) in [6.07, 6.45) is 45.3. The standard InChI is InChI=1S/C45H90N2O3/c1-5-7-9-11-13-15-17-19-21-23-25-27-29-31-33-35-38-44(48)46-40-37-41-47(3,4)42-43-50-45(49)39-36-34-32-30-28-26-24-22-20-18-16-14-12-10-8-6-2/h5-43H2,1-4H3/p+1. The van der Waals surface area contributed by atoms with Crippen LogP contribution in [0.25, 0.3) is 0 Å². The number of quaternary nitrogens is 1. The van der Waals surface area contributed by atoms with E-state index < -0.39 is 0 Å². The molecule has 0 aliphatic heterocycles. The lowest BCUT2D eigenvalue weighted by Crippen LogP contribution is -2.44. The third kappa shape index (κ3) is 39.7.